The maximum absolute atomic E-state index is 13.3. The molecular weight excluding hydrogens is 414 g/mol. The normalized spacial score (nSPS) is 13.3. The van der Waals surface area contributed by atoms with Crippen LogP contribution in [0.25, 0.3) is 0 Å². The van der Waals surface area contributed by atoms with Crippen LogP contribution in [0.2, 0.25) is 5.02 Å². The number of rotatable bonds is 5. The molecule has 1 aliphatic heterocycles. The molecular formula is C24H24ClN3O3. The molecule has 1 amide bonds. The number of hydrogen-bond acceptors (Lipinski definition) is 4. The monoisotopic (exact) mass is 437 g/mol. The van der Waals surface area contributed by atoms with Gasteiger partial charge < -0.3 is 14.6 Å². The highest BCUT2D eigenvalue weighted by Crippen LogP contribution is 2.35. The largest absolute Gasteiger partial charge is 0.486 e. The van der Waals surface area contributed by atoms with Crippen LogP contribution in [0.15, 0.2) is 41.2 Å². The third kappa shape index (κ3) is 4.35. The lowest BCUT2D eigenvalue weighted by atomic mass is 9.97. The molecule has 0 radical (unpaired) electrons. The number of halogens is 1. The van der Waals surface area contributed by atoms with Gasteiger partial charge in [-0.05, 0) is 62.6 Å². The number of amides is 1. The van der Waals surface area contributed by atoms with Crippen molar-refractivity contribution >= 4 is 17.5 Å². The number of pyridine rings is 2. The molecule has 0 spiro atoms. The van der Waals surface area contributed by atoms with Crippen LogP contribution in [-0.2, 0) is 19.6 Å². The number of aromatic nitrogens is 2. The van der Waals surface area contributed by atoms with Gasteiger partial charge in [0.05, 0.1) is 22.8 Å². The first-order valence-corrected chi connectivity index (χ1v) is 10.6. The number of ether oxygens (including phenoxy) is 1. The van der Waals surface area contributed by atoms with Crippen LogP contribution in [0, 0.1) is 20.8 Å². The van der Waals surface area contributed by atoms with E-state index in [1.165, 1.54) is 0 Å². The van der Waals surface area contributed by atoms with Crippen molar-refractivity contribution in [3.05, 3.63) is 91.1 Å². The molecule has 2 aromatic heterocycles. The van der Waals surface area contributed by atoms with Crippen LogP contribution >= 0.6 is 11.6 Å². The number of carbonyl (C=O) groups excluding carboxylic acids is 1. The molecule has 1 aliphatic rings. The fourth-order valence-electron chi connectivity index (χ4n) is 3.91. The summed E-state index contributed by atoms with van der Waals surface area (Å²) in [5, 5.41) is 0.300. The van der Waals surface area contributed by atoms with Crippen LogP contribution in [0.1, 0.15) is 44.1 Å². The molecule has 0 fully saturated rings. The van der Waals surface area contributed by atoms with E-state index in [2.05, 4.69) is 9.97 Å². The van der Waals surface area contributed by atoms with Gasteiger partial charge in [-0.15, -0.1) is 0 Å². The summed E-state index contributed by atoms with van der Waals surface area (Å²) in [4.78, 5) is 34.6. The third-order valence-corrected chi connectivity index (χ3v) is 5.88. The molecule has 0 saturated carbocycles. The average molecular weight is 438 g/mol. The van der Waals surface area contributed by atoms with E-state index in [4.69, 9.17) is 16.3 Å². The van der Waals surface area contributed by atoms with Crippen molar-refractivity contribution < 1.29 is 9.53 Å². The highest BCUT2D eigenvalue weighted by Gasteiger charge is 2.29. The molecule has 0 saturated heterocycles. The topological polar surface area (TPSA) is 75.3 Å². The van der Waals surface area contributed by atoms with Crippen LogP contribution in [0.5, 0.6) is 5.75 Å². The summed E-state index contributed by atoms with van der Waals surface area (Å²) in [6.45, 7) is 6.68. The number of hydrogen-bond donors (Lipinski definition) is 1. The molecule has 31 heavy (non-hydrogen) atoms. The van der Waals surface area contributed by atoms with Gasteiger partial charge in [-0.25, -0.2) is 0 Å². The zero-order valence-corrected chi connectivity index (χ0v) is 18.5. The summed E-state index contributed by atoms with van der Waals surface area (Å²) in [6.07, 6.45) is 0.670. The van der Waals surface area contributed by atoms with E-state index in [-0.39, 0.29) is 24.6 Å². The lowest BCUT2D eigenvalue weighted by Crippen LogP contribution is -2.39. The Morgan fingerprint density at radius 1 is 1.16 bits per heavy atom. The second-order valence-electron chi connectivity index (χ2n) is 7.89. The first-order valence-electron chi connectivity index (χ1n) is 10.2. The zero-order valence-electron chi connectivity index (χ0n) is 17.8. The summed E-state index contributed by atoms with van der Waals surface area (Å²) in [6, 6.07) is 11.3. The van der Waals surface area contributed by atoms with Crippen molar-refractivity contribution in [2.24, 2.45) is 0 Å². The van der Waals surface area contributed by atoms with E-state index < -0.39 is 0 Å². The molecule has 7 heteroatoms. The Balaban J connectivity index is 1.58. The standard InChI is InChI=1S/C24H24ClN3O3/c1-14-11-16(3)27-23(29)19(14)12-28-10-9-17-7-8-20(22(25)21(17)24(28)30)31-13-18-6-4-5-15(2)26-18/h4-8,11H,9-10,12-13H2,1-3H3,(H,27,29). The first kappa shape index (κ1) is 21.1. The Bertz CT molecular complexity index is 1220. The molecule has 1 N–H and O–H groups in total. The van der Waals surface area contributed by atoms with Gasteiger partial charge in [0.1, 0.15) is 12.4 Å². The van der Waals surface area contributed by atoms with Crippen LogP contribution in [0.3, 0.4) is 0 Å². The zero-order chi connectivity index (χ0) is 22.1. The Hall–Kier alpha value is -3.12. The quantitative estimate of drug-likeness (QED) is 0.651. The Morgan fingerprint density at radius 2 is 1.97 bits per heavy atom. The minimum atomic E-state index is -0.190. The van der Waals surface area contributed by atoms with Gasteiger partial charge in [-0.3, -0.25) is 14.6 Å². The maximum atomic E-state index is 13.3. The molecule has 3 heterocycles. The van der Waals surface area contributed by atoms with Gasteiger partial charge in [0.25, 0.3) is 11.5 Å². The smallest absolute Gasteiger partial charge is 0.256 e. The number of H-pyrrole nitrogens is 1. The van der Waals surface area contributed by atoms with Crippen molar-refractivity contribution in [3.8, 4) is 5.75 Å². The number of aryl methyl sites for hydroxylation is 3. The predicted molar refractivity (Wildman–Crippen MR) is 120 cm³/mol. The van der Waals surface area contributed by atoms with Gasteiger partial charge in [-0.1, -0.05) is 23.7 Å². The molecule has 1 aromatic carbocycles. The van der Waals surface area contributed by atoms with E-state index >= 15 is 0 Å². The van der Waals surface area contributed by atoms with E-state index in [0.717, 1.165) is 28.2 Å². The minimum absolute atomic E-state index is 0.162. The van der Waals surface area contributed by atoms with E-state index in [1.807, 2.05) is 51.1 Å². The fourth-order valence-corrected chi connectivity index (χ4v) is 4.23. The second-order valence-corrected chi connectivity index (χ2v) is 8.27. The summed E-state index contributed by atoms with van der Waals surface area (Å²) in [5.41, 5.74) is 5.14. The number of aromatic amines is 1. The van der Waals surface area contributed by atoms with E-state index in [1.54, 1.807) is 11.0 Å². The lowest BCUT2D eigenvalue weighted by Gasteiger charge is -2.30. The summed E-state index contributed by atoms with van der Waals surface area (Å²) >= 11 is 6.61. The summed E-state index contributed by atoms with van der Waals surface area (Å²) in [7, 11) is 0. The van der Waals surface area contributed by atoms with Crippen molar-refractivity contribution in [1.82, 2.24) is 14.9 Å². The molecule has 0 atom stereocenters. The maximum Gasteiger partial charge on any atom is 0.256 e. The first-order chi connectivity index (χ1) is 14.8. The number of carbonyl (C=O) groups is 1. The van der Waals surface area contributed by atoms with Gasteiger partial charge in [0.15, 0.2) is 0 Å². The molecule has 0 unspecified atom stereocenters. The van der Waals surface area contributed by atoms with E-state index in [0.29, 0.717) is 34.9 Å². The number of benzene rings is 1. The second kappa shape index (κ2) is 8.55. The highest BCUT2D eigenvalue weighted by molar-refractivity contribution is 6.35. The molecule has 4 rings (SSSR count). The average Bonchev–Trinajstić information content (AvgIpc) is 2.71. The van der Waals surface area contributed by atoms with Gasteiger partial charge in [0.2, 0.25) is 0 Å². The minimum Gasteiger partial charge on any atom is -0.486 e. The Labute approximate surface area is 185 Å². The van der Waals surface area contributed by atoms with Crippen LogP contribution in [-0.4, -0.2) is 27.3 Å². The highest BCUT2D eigenvalue weighted by atomic mass is 35.5. The number of fused-ring (bicyclic) bond motifs is 1. The van der Waals surface area contributed by atoms with Gasteiger partial charge >= 0.3 is 0 Å². The molecule has 3 aromatic rings. The third-order valence-electron chi connectivity index (χ3n) is 5.51. The SMILES string of the molecule is Cc1cccc(COc2ccc3c(c2Cl)C(=O)N(Cc2c(C)cc(C)[nH]c2=O)CC3)n1. The van der Waals surface area contributed by atoms with Crippen molar-refractivity contribution in [2.45, 2.75) is 40.3 Å². The van der Waals surface area contributed by atoms with Crippen molar-refractivity contribution in [1.29, 1.82) is 0 Å². The van der Waals surface area contributed by atoms with Gasteiger partial charge in [-0.2, -0.15) is 0 Å². The molecule has 160 valence electrons. The van der Waals surface area contributed by atoms with E-state index in [9.17, 15) is 9.59 Å². The molecule has 0 aliphatic carbocycles. The molecule has 0 bridgehead atoms. The van der Waals surface area contributed by atoms with Crippen molar-refractivity contribution in [3.63, 3.8) is 0 Å². The summed E-state index contributed by atoms with van der Waals surface area (Å²) < 4.78 is 5.88. The number of nitrogens with one attached hydrogen (secondary N) is 1. The fraction of sp³-hybridized carbons (Fsp3) is 0.292. The van der Waals surface area contributed by atoms with Crippen LogP contribution in [0.4, 0.5) is 0 Å². The number of nitrogens with zero attached hydrogens (tertiary/aromatic N) is 2. The van der Waals surface area contributed by atoms with Crippen LogP contribution < -0.4 is 10.3 Å². The Morgan fingerprint density at radius 3 is 2.71 bits per heavy atom. The molecule has 6 nitrogen and oxygen atoms in total. The van der Waals surface area contributed by atoms with Crippen molar-refractivity contribution in [2.75, 3.05) is 6.54 Å². The Kier molecular flexibility index (Phi) is 5.83. The lowest BCUT2D eigenvalue weighted by molar-refractivity contribution is 0.0725. The summed E-state index contributed by atoms with van der Waals surface area (Å²) in [5.74, 6) is 0.257. The predicted octanol–water partition coefficient (Wildman–Crippen LogP) is 4.13. The van der Waals surface area contributed by atoms with Gasteiger partial charge in [0, 0.05) is 23.5 Å².